The SMILES string of the molecule is CCC(O)C1CCCC1OC. The van der Waals surface area contributed by atoms with Crippen molar-refractivity contribution in [1.82, 2.24) is 0 Å². The van der Waals surface area contributed by atoms with Crippen molar-refractivity contribution in [2.45, 2.75) is 44.8 Å². The molecule has 0 bridgehead atoms. The van der Waals surface area contributed by atoms with Crippen molar-refractivity contribution in [3.63, 3.8) is 0 Å². The van der Waals surface area contributed by atoms with Gasteiger partial charge >= 0.3 is 0 Å². The van der Waals surface area contributed by atoms with E-state index in [-0.39, 0.29) is 6.10 Å². The normalized spacial score (nSPS) is 34.1. The molecule has 0 aromatic heterocycles. The van der Waals surface area contributed by atoms with E-state index in [2.05, 4.69) is 0 Å². The summed E-state index contributed by atoms with van der Waals surface area (Å²) in [4.78, 5) is 0. The molecule has 0 aromatic rings. The first-order valence-electron chi connectivity index (χ1n) is 4.50. The van der Waals surface area contributed by atoms with Crippen LogP contribution in [0.2, 0.25) is 0 Å². The number of methoxy groups -OCH3 is 1. The molecule has 0 spiro atoms. The van der Waals surface area contributed by atoms with Crippen LogP contribution in [0.3, 0.4) is 0 Å². The smallest absolute Gasteiger partial charge is 0.0624 e. The summed E-state index contributed by atoms with van der Waals surface area (Å²) in [5, 5.41) is 9.58. The van der Waals surface area contributed by atoms with Gasteiger partial charge in [0.15, 0.2) is 0 Å². The quantitative estimate of drug-likeness (QED) is 0.675. The minimum absolute atomic E-state index is 0.151. The third-order valence-corrected chi connectivity index (χ3v) is 2.72. The van der Waals surface area contributed by atoms with E-state index in [1.54, 1.807) is 7.11 Å². The number of aliphatic hydroxyl groups is 1. The fourth-order valence-corrected chi connectivity index (χ4v) is 1.99. The van der Waals surface area contributed by atoms with Crippen molar-refractivity contribution in [3.05, 3.63) is 0 Å². The average molecular weight is 158 g/mol. The van der Waals surface area contributed by atoms with Gasteiger partial charge < -0.3 is 9.84 Å². The molecule has 1 aliphatic carbocycles. The van der Waals surface area contributed by atoms with Crippen LogP contribution in [0.5, 0.6) is 0 Å². The topological polar surface area (TPSA) is 29.5 Å². The van der Waals surface area contributed by atoms with Gasteiger partial charge in [0.05, 0.1) is 12.2 Å². The van der Waals surface area contributed by atoms with Crippen LogP contribution in [-0.2, 0) is 4.74 Å². The Morgan fingerprint density at radius 1 is 1.55 bits per heavy atom. The zero-order valence-corrected chi connectivity index (χ0v) is 7.42. The van der Waals surface area contributed by atoms with E-state index in [9.17, 15) is 5.11 Å². The van der Waals surface area contributed by atoms with Crippen LogP contribution in [0.15, 0.2) is 0 Å². The highest BCUT2D eigenvalue weighted by atomic mass is 16.5. The predicted octanol–water partition coefficient (Wildman–Crippen LogP) is 1.57. The summed E-state index contributed by atoms with van der Waals surface area (Å²) in [6.45, 7) is 2.02. The monoisotopic (exact) mass is 158 g/mol. The van der Waals surface area contributed by atoms with E-state index >= 15 is 0 Å². The number of aliphatic hydroxyl groups excluding tert-OH is 1. The highest BCUT2D eigenvalue weighted by Gasteiger charge is 2.31. The first-order valence-corrected chi connectivity index (χ1v) is 4.50. The van der Waals surface area contributed by atoms with Crippen molar-refractivity contribution >= 4 is 0 Å². The second-order valence-corrected chi connectivity index (χ2v) is 3.34. The standard InChI is InChI=1S/C9H18O2/c1-3-8(10)7-5-4-6-9(7)11-2/h7-10H,3-6H2,1-2H3. The van der Waals surface area contributed by atoms with Gasteiger partial charge in [-0.3, -0.25) is 0 Å². The first kappa shape index (κ1) is 9.01. The lowest BCUT2D eigenvalue weighted by molar-refractivity contribution is 0.00324. The summed E-state index contributed by atoms with van der Waals surface area (Å²) < 4.78 is 5.29. The van der Waals surface area contributed by atoms with Gasteiger partial charge in [-0.1, -0.05) is 13.3 Å². The number of hydrogen-bond donors (Lipinski definition) is 1. The largest absolute Gasteiger partial charge is 0.393 e. The second kappa shape index (κ2) is 4.07. The van der Waals surface area contributed by atoms with Gasteiger partial charge in [0, 0.05) is 13.0 Å². The van der Waals surface area contributed by atoms with Gasteiger partial charge in [0.1, 0.15) is 0 Å². The molecule has 1 N–H and O–H groups in total. The fourth-order valence-electron chi connectivity index (χ4n) is 1.99. The summed E-state index contributed by atoms with van der Waals surface area (Å²) in [5.41, 5.74) is 0. The summed E-state index contributed by atoms with van der Waals surface area (Å²) >= 11 is 0. The zero-order chi connectivity index (χ0) is 8.27. The Kier molecular flexibility index (Phi) is 3.34. The number of ether oxygens (including phenoxy) is 1. The Morgan fingerprint density at radius 3 is 2.82 bits per heavy atom. The second-order valence-electron chi connectivity index (χ2n) is 3.34. The lowest BCUT2D eigenvalue weighted by atomic mass is 9.97. The van der Waals surface area contributed by atoms with Gasteiger partial charge in [-0.25, -0.2) is 0 Å². The molecule has 1 fully saturated rings. The zero-order valence-electron chi connectivity index (χ0n) is 7.42. The number of hydrogen-bond acceptors (Lipinski definition) is 2. The summed E-state index contributed by atoms with van der Waals surface area (Å²) in [6, 6.07) is 0. The molecule has 0 radical (unpaired) electrons. The number of rotatable bonds is 3. The van der Waals surface area contributed by atoms with Crippen molar-refractivity contribution < 1.29 is 9.84 Å². The van der Waals surface area contributed by atoms with Gasteiger partial charge in [0.2, 0.25) is 0 Å². The van der Waals surface area contributed by atoms with Crippen LogP contribution >= 0.6 is 0 Å². The third kappa shape index (κ3) is 1.94. The Morgan fingerprint density at radius 2 is 2.27 bits per heavy atom. The maximum Gasteiger partial charge on any atom is 0.0624 e. The van der Waals surface area contributed by atoms with Crippen LogP contribution in [0.4, 0.5) is 0 Å². The van der Waals surface area contributed by atoms with Gasteiger partial charge in [0.25, 0.3) is 0 Å². The molecule has 0 saturated heterocycles. The molecule has 3 unspecified atom stereocenters. The van der Waals surface area contributed by atoms with E-state index < -0.39 is 0 Å². The summed E-state index contributed by atoms with van der Waals surface area (Å²) in [6.07, 6.45) is 4.48. The van der Waals surface area contributed by atoms with Gasteiger partial charge in [-0.05, 0) is 19.3 Å². The molecular formula is C9H18O2. The van der Waals surface area contributed by atoms with E-state index in [1.165, 1.54) is 6.42 Å². The van der Waals surface area contributed by atoms with Gasteiger partial charge in [-0.2, -0.15) is 0 Å². The molecule has 2 nitrogen and oxygen atoms in total. The molecule has 11 heavy (non-hydrogen) atoms. The average Bonchev–Trinajstić information content (AvgIpc) is 2.50. The highest BCUT2D eigenvalue weighted by Crippen LogP contribution is 2.31. The molecule has 66 valence electrons. The molecule has 0 aliphatic heterocycles. The molecule has 0 amide bonds. The summed E-state index contributed by atoms with van der Waals surface area (Å²) in [7, 11) is 1.74. The van der Waals surface area contributed by atoms with Crippen molar-refractivity contribution in [1.29, 1.82) is 0 Å². The molecular weight excluding hydrogens is 140 g/mol. The van der Waals surface area contributed by atoms with E-state index in [4.69, 9.17) is 4.74 Å². The van der Waals surface area contributed by atoms with Crippen molar-refractivity contribution in [2.24, 2.45) is 5.92 Å². The maximum atomic E-state index is 9.58. The Balaban J connectivity index is 2.42. The van der Waals surface area contributed by atoms with Crippen LogP contribution in [0, 0.1) is 5.92 Å². The lowest BCUT2D eigenvalue weighted by Gasteiger charge is -2.22. The minimum atomic E-state index is -0.151. The summed E-state index contributed by atoms with van der Waals surface area (Å²) in [5.74, 6) is 0.394. The van der Waals surface area contributed by atoms with Crippen LogP contribution in [-0.4, -0.2) is 24.4 Å². The van der Waals surface area contributed by atoms with Crippen LogP contribution in [0.1, 0.15) is 32.6 Å². The molecule has 2 heteroatoms. The molecule has 0 heterocycles. The molecule has 3 atom stereocenters. The molecule has 1 saturated carbocycles. The minimum Gasteiger partial charge on any atom is -0.393 e. The van der Waals surface area contributed by atoms with Gasteiger partial charge in [-0.15, -0.1) is 0 Å². The van der Waals surface area contributed by atoms with Crippen LogP contribution in [0.25, 0.3) is 0 Å². The highest BCUT2D eigenvalue weighted by molar-refractivity contribution is 4.82. The maximum absolute atomic E-state index is 9.58. The molecule has 1 rings (SSSR count). The van der Waals surface area contributed by atoms with Crippen molar-refractivity contribution in [2.75, 3.05) is 7.11 Å². The van der Waals surface area contributed by atoms with Crippen LogP contribution < -0.4 is 0 Å². The Hall–Kier alpha value is -0.0800. The molecule has 0 aromatic carbocycles. The van der Waals surface area contributed by atoms with E-state index in [0.29, 0.717) is 12.0 Å². The predicted molar refractivity (Wildman–Crippen MR) is 44.4 cm³/mol. The molecule has 1 aliphatic rings. The Labute approximate surface area is 68.6 Å². The van der Waals surface area contributed by atoms with E-state index in [0.717, 1.165) is 19.3 Å². The lowest BCUT2D eigenvalue weighted by Crippen LogP contribution is -2.27. The Bertz CT molecular complexity index is 114. The van der Waals surface area contributed by atoms with E-state index in [1.807, 2.05) is 6.92 Å². The first-order chi connectivity index (χ1) is 5.29. The third-order valence-electron chi connectivity index (χ3n) is 2.72. The fraction of sp³-hybridized carbons (Fsp3) is 1.00. The van der Waals surface area contributed by atoms with Crippen molar-refractivity contribution in [3.8, 4) is 0 Å².